The van der Waals surface area contributed by atoms with Gasteiger partial charge in [0.2, 0.25) is 15.9 Å². The second-order valence-electron chi connectivity index (χ2n) is 7.17. The number of nitrogens with zero attached hydrogens (tertiary/aromatic N) is 3. The van der Waals surface area contributed by atoms with Crippen LogP contribution in [0.1, 0.15) is 5.56 Å². The minimum Gasteiger partial charge on any atom is -0.497 e. The molecule has 7 nitrogen and oxygen atoms in total. The van der Waals surface area contributed by atoms with Gasteiger partial charge in [-0.3, -0.25) is 9.10 Å². The zero-order valence-corrected chi connectivity index (χ0v) is 17.9. The highest BCUT2D eigenvalue weighted by Crippen LogP contribution is 2.22. The monoisotopic (exact) mass is 417 g/mol. The van der Waals surface area contributed by atoms with Crippen LogP contribution in [0.5, 0.6) is 5.75 Å². The topological polar surface area (TPSA) is 70.2 Å². The van der Waals surface area contributed by atoms with E-state index in [4.69, 9.17) is 4.74 Å². The van der Waals surface area contributed by atoms with Crippen molar-refractivity contribution in [3.63, 3.8) is 0 Å². The number of amides is 1. The fourth-order valence-electron chi connectivity index (χ4n) is 3.34. The highest BCUT2D eigenvalue weighted by atomic mass is 32.2. The van der Waals surface area contributed by atoms with E-state index in [1.165, 1.54) is 4.31 Å². The Labute approximate surface area is 172 Å². The molecule has 2 aromatic carbocycles. The number of sulfonamides is 1. The van der Waals surface area contributed by atoms with Crippen LogP contribution in [0.25, 0.3) is 0 Å². The molecular formula is C21H27N3O4S. The second kappa shape index (κ2) is 8.73. The maximum atomic E-state index is 12.8. The molecule has 0 N–H and O–H groups in total. The lowest BCUT2D eigenvalue weighted by Crippen LogP contribution is -2.52. The Morgan fingerprint density at radius 2 is 1.59 bits per heavy atom. The van der Waals surface area contributed by atoms with Gasteiger partial charge in [0.1, 0.15) is 12.3 Å². The summed E-state index contributed by atoms with van der Waals surface area (Å²) in [6, 6.07) is 15.0. The molecule has 0 atom stereocenters. The second-order valence-corrected chi connectivity index (χ2v) is 9.08. The van der Waals surface area contributed by atoms with E-state index in [0.717, 1.165) is 23.3 Å². The van der Waals surface area contributed by atoms with E-state index in [2.05, 4.69) is 4.90 Å². The number of hydrogen-bond acceptors (Lipinski definition) is 5. The Kier molecular flexibility index (Phi) is 6.32. The molecular weight excluding hydrogens is 390 g/mol. The number of anilines is 2. The molecule has 0 saturated carbocycles. The fraction of sp³-hybridized carbons (Fsp3) is 0.381. The van der Waals surface area contributed by atoms with E-state index in [1.807, 2.05) is 43.3 Å². The molecule has 2 aromatic rings. The van der Waals surface area contributed by atoms with E-state index in [1.54, 1.807) is 24.1 Å². The Balaban J connectivity index is 1.63. The molecule has 156 valence electrons. The van der Waals surface area contributed by atoms with Crippen molar-refractivity contribution in [2.24, 2.45) is 0 Å². The van der Waals surface area contributed by atoms with Crippen molar-refractivity contribution in [2.45, 2.75) is 6.92 Å². The van der Waals surface area contributed by atoms with Crippen molar-refractivity contribution in [1.29, 1.82) is 0 Å². The van der Waals surface area contributed by atoms with Gasteiger partial charge < -0.3 is 14.5 Å². The van der Waals surface area contributed by atoms with Gasteiger partial charge >= 0.3 is 0 Å². The summed E-state index contributed by atoms with van der Waals surface area (Å²) in [4.78, 5) is 16.7. The molecule has 29 heavy (non-hydrogen) atoms. The van der Waals surface area contributed by atoms with Gasteiger partial charge in [-0.1, -0.05) is 17.7 Å². The van der Waals surface area contributed by atoms with Gasteiger partial charge in [-0.2, -0.15) is 0 Å². The normalized spacial score (nSPS) is 14.6. The number of hydrogen-bond donors (Lipinski definition) is 0. The SMILES string of the molecule is COc1ccc(N2CCN(C(=O)CN(c3ccc(C)cc3)S(C)(=O)=O)CC2)cc1. The minimum atomic E-state index is -3.56. The van der Waals surface area contributed by atoms with E-state index in [0.29, 0.717) is 31.9 Å². The minimum absolute atomic E-state index is 0.189. The third kappa shape index (κ3) is 5.20. The maximum absolute atomic E-state index is 12.8. The highest BCUT2D eigenvalue weighted by Gasteiger charge is 2.26. The molecule has 1 saturated heterocycles. The number of carbonyl (C=O) groups is 1. The van der Waals surface area contributed by atoms with E-state index >= 15 is 0 Å². The van der Waals surface area contributed by atoms with Crippen molar-refractivity contribution in [3.05, 3.63) is 54.1 Å². The van der Waals surface area contributed by atoms with Crippen LogP contribution < -0.4 is 13.9 Å². The Morgan fingerprint density at radius 1 is 1.00 bits per heavy atom. The van der Waals surface area contributed by atoms with Gasteiger partial charge in [-0.05, 0) is 43.3 Å². The summed E-state index contributed by atoms with van der Waals surface area (Å²) in [6.45, 7) is 4.24. The lowest BCUT2D eigenvalue weighted by atomic mass is 10.2. The molecule has 0 radical (unpaired) electrons. The summed E-state index contributed by atoms with van der Waals surface area (Å²) >= 11 is 0. The molecule has 0 aromatic heterocycles. The first-order valence-electron chi connectivity index (χ1n) is 9.49. The third-order valence-electron chi connectivity index (χ3n) is 5.07. The molecule has 0 bridgehead atoms. The van der Waals surface area contributed by atoms with Gasteiger partial charge in [0.25, 0.3) is 0 Å². The quantitative estimate of drug-likeness (QED) is 0.720. The Morgan fingerprint density at radius 3 is 2.10 bits per heavy atom. The zero-order chi connectivity index (χ0) is 21.0. The summed E-state index contributed by atoms with van der Waals surface area (Å²) in [5.41, 5.74) is 2.61. The molecule has 0 aliphatic carbocycles. The van der Waals surface area contributed by atoms with Crippen LogP contribution in [0.4, 0.5) is 11.4 Å². The van der Waals surface area contributed by atoms with Gasteiger partial charge in [-0.15, -0.1) is 0 Å². The average molecular weight is 418 g/mol. The van der Waals surface area contributed by atoms with Crippen molar-refractivity contribution in [3.8, 4) is 5.75 Å². The number of rotatable bonds is 6. The Bertz CT molecular complexity index is 935. The van der Waals surface area contributed by atoms with E-state index in [9.17, 15) is 13.2 Å². The van der Waals surface area contributed by atoms with Crippen LogP contribution in [-0.2, 0) is 14.8 Å². The van der Waals surface area contributed by atoms with Crippen molar-refractivity contribution in [1.82, 2.24) is 4.90 Å². The van der Waals surface area contributed by atoms with Gasteiger partial charge in [0.15, 0.2) is 0 Å². The van der Waals surface area contributed by atoms with Crippen LogP contribution >= 0.6 is 0 Å². The molecule has 1 heterocycles. The first-order valence-corrected chi connectivity index (χ1v) is 11.3. The molecule has 8 heteroatoms. The van der Waals surface area contributed by atoms with Gasteiger partial charge in [0, 0.05) is 31.9 Å². The van der Waals surface area contributed by atoms with Crippen molar-refractivity contribution in [2.75, 3.05) is 55.3 Å². The van der Waals surface area contributed by atoms with Crippen LogP contribution in [0.15, 0.2) is 48.5 Å². The summed E-state index contributed by atoms with van der Waals surface area (Å²) < 4.78 is 30.9. The molecule has 1 amide bonds. The maximum Gasteiger partial charge on any atom is 0.243 e. The first-order chi connectivity index (χ1) is 13.8. The summed E-state index contributed by atoms with van der Waals surface area (Å²) in [5.74, 6) is 0.616. The Hall–Kier alpha value is -2.74. The lowest BCUT2D eigenvalue weighted by Gasteiger charge is -2.37. The number of carbonyl (C=O) groups excluding carboxylic acids is 1. The number of piperazine rings is 1. The largest absolute Gasteiger partial charge is 0.497 e. The first kappa shape index (κ1) is 21.0. The van der Waals surface area contributed by atoms with Crippen molar-refractivity contribution < 1.29 is 17.9 Å². The number of benzene rings is 2. The third-order valence-corrected chi connectivity index (χ3v) is 6.21. The molecule has 3 rings (SSSR count). The predicted octanol–water partition coefficient (Wildman–Crippen LogP) is 2.12. The molecule has 1 aliphatic heterocycles. The lowest BCUT2D eigenvalue weighted by molar-refractivity contribution is -0.129. The summed E-state index contributed by atoms with van der Waals surface area (Å²) in [6.07, 6.45) is 1.13. The smallest absolute Gasteiger partial charge is 0.243 e. The standard InChI is InChI=1S/C21H27N3O4S/c1-17-4-6-19(7-5-17)24(29(3,26)27)16-21(25)23-14-12-22(13-15-23)18-8-10-20(28-2)11-9-18/h4-11H,12-16H2,1-3H3. The summed E-state index contributed by atoms with van der Waals surface area (Å²) in [7, 11) is -1.93. The predicted molar refractivity (Wildman–Crippen MR) is 115 cm³/mol. The van der Waals surface area contributed by atoms with Crippen LogP contribution in [-0.4, -0.2) is 65.3 Å². The molecule has 1 aliphatic rings. The van der Waals surface area contributed by atoms with Gasteiger partial charge in [-0.25, -0.2) is 8.42 Å². The highest BCUT2D eigenvalue weighted by molar-refractivity contribution is 7.92. The van der Waals surface area contributed by atoms with Crippen LogP contribution in [0, 0.1) is 6.92 Å². The molecule has 1 fully saturated rings. The van der Waals surface area contributed by atoms with Crippen LogP contribution in [0.3, 0.4) is 0 Å². The number of methoxy groups -OCH3 is 1. The zero-order valence-electron chi connectivity index (χ0n) is 17.0. The molecule has 0 spiro atoms. The van der Waals surface area contributed by atoms with E-state index < -0.39 is 10.0 Å². The summed E-state index contributed by atoms with van der Waals surface area (Å²) in [5, 5.41) is 0. The number of ether oxygens (including phenoxy) is 1. The number of aryl methyl sites for hydroxylation is 1. The van der Waals surface area contributed by atoms with Gasteiger partial charge in [0.05, 0.1) is 19.1 Å². The van der Waals surface area contributed by atoms with E-state index in [-0.39, 0.29) is 12.5 Å². The molecule has 0 unspecified atom stereocenters. The average Bonchev–Trinajstić information content (AvgIpc) is 2.72. The van der Waals surface area contributed by atoms with Crippen molar-refractivity contribution >= 4 is 27.3 Å². The van der Waals surface area contributed by atoms with Crippen LogP contribution in [0.2, 0.25) is 0 Å². The fourth-order valence-corrected chi connectivity index (χ4v) is 4.19.